The van der Waals surface area contributed by atoms with Gasteiger partial charge in [-0.3, -0.25) is 4.79 Å². The van der Waals surface area contributed by atoms with Gasteiger partial charge in [-0.1, -0.05) is 18.2 Å². The molecule has 25 heavy (non-hydrogen) atoms. The van der Waals surface area contributed by atoms with E-state index in [0.29, 0.717) is 6.54 Å². The Bertz CT molecular complexity index is 899. The second-order valence-electron chi connectivity index (χ2n) is 5.89. The zero-order valence-corrected chi connectivity index (χ0v) is 14.7. The van der Waals surface area contributed by atoms with Crippen molar-refractivity contribution in [2.24, 2.45) is 0 Å². The van der Waals surface area contributed by atoms with Crippen molar-refractivity contribution in [1.29, 1.82) is 0 Å². The number of hydrogen-bond donors (Lipinski definition) is 1. The van der Waals surface area contributed by atoms with Crippen LogP contribution in [0.4, 0.5) is 0 Å². The molecule has 0 atom stereocenters. The fourth-order valence-corrected chi connectivity index (χ4v) is 2.97. The lowest BCUT2D eigenvalue weighted by molar-refractivity contribution is -0.121. The van der Waals surface area contributed by atoms with Crippen LogP contribution in [0.25, 0.3) is 10.9 Å². The number of nitrogens with zero attached hydrogens (tertiary/aromatic N) is 1. The second-order valence-corrected chi connectivity index (χ2v) is 5.89. The normalized spacial score (nSPS) is 10.7. The van der Waals surface area contributed by atoms with Crippen LogP contribution in [0.3, 0.4) is 0 Å². The van der Waals surface area contributed by atoms with Gasteiger partial charge in [-0.05, 0) is 42.6 Å². The first kappa shape index (κ1) is 16.9. The Labute approximate surface area is 147 Å². The summed E-state index contributed by atoms with van der Waals surface area (Å²) in [6.07, 6.45) is 0. The number of fused-ring (bicyclic) bond motifs is 1. The SMILES string of the molecule is COc1ccc(OC)c(CNC(=O)Cn2c(C)cc3ccccc32)c1. The number of aromatic nitrogens is 1. The van der Waals surface area contributed by atoms with E-state index in [0.717, 1.165) is 33.7 Å². The fraction of sp³-hybridized carbons (Fsp3) is 0.250. The van der Waals surface area contributed by atoms with Crippen molar-refractivity contribution in [2.45, 2.75) is 20.0 Å². The first-order valence-corrected chi connectivity index (χ1v) is 8.15. The number of methoxy groups -OCH3 is 2. The predicted molar refractivity (Wildman–Crippen MR) is 98.1 cm³/mol. The zero-order valence-electron chi connectivity index (χ0n) is 14.7. The minimum absolute atomic E-state index is 0.0469. The standard InChI is InChI=1S/C20H22N2O3/c1-14-10-15-6-4-5-7-18(15)22(14)13-20(23)21-12-16-11-17(24-2)8-9-19(16)25-3/h4-11H,12-13H2,1-3H3,(H,21,23). The number of carbonyl (C=O) groups excluding carboxylic acids is 1. The van der Waals surface area contributed by atoms with Crippen LogP contribution in [0.5, 0.6) is 11.5 Å². The van der Waals surface area contributed by atoms with Gasteiger partial charge in [0.1, 0.15) is 18.0 Å². The minimum Gasteiger partial charge on any atom is -0.497 e. The number of amides is 1. The van der Waals surface area contributed by atoms with Crippen LogP contribution in [0.2, 0.25) is 0 Å². The molecular weight excluding hydrogens is 316 g/mol. The number of carbonyl (C=O) groups is 1. The molecule has 1 N–H and O–H groups in total. The Kier molecular flexibility index (Phi) is 4.93. The maximum Gasteiger partial charge on any atom is 0.240 e. The van der Waals surface area contributed by atoms with Gasteiger partial charge in [-0.25, -0.2) is 0 Å². The first-order chi connectivity index (χ1) is 12.1. The zero-order chi connectivity index (χ0) is 17.8. The first-order valence-electron chi connectivity index (χ1n) is 8.15. The molecule has 2 aromatic carbocycles. The van der Waals surface area contributed by atoms with Crippen molar-refractivity contribution in [3.63, 3.8) is 0 Å². The highest BCUT2D eigenvalue weighted by Crippen LogP contribution is 2.24. The van der Waals surface area contributed by atoms with Gasteiger partial charge < -0.3 is 19.4 Å². The van der Waals surface area contributed by atoms with Gasteiger partial charge in [0.2, 0.25) is 5.91 Å². The lowest BCUT2D eigenvalue weighted by Crippen LogP contribution is -2.27. The van der Waals surface area contributed by atoms with E-state index >= 15 is 0 Å². The van der Waals surface area contributed by atoms with Crippen molar-refractivity contribution in [3.8, 4) is 11.5 Å². The van der Waals surface area contributed by atoms with Crippen LogP contribution in [0.1, 0.15) is 11.3 Å². The van der Waals surface area contributed by atoms with Gasteiger partial charge in [-0.2, -0.15) is 0 Å². The van der Waals surface area contributed by atoms with Gasteiger partial charge in [0.05, 0.1) is 14.2 Å². The van der Waals surface area contributed by atoms with Crippen LogP contribution >= 0.6 is 0 Å². The smallest absolute Gasteiger partial charge is 0.240 e. The molecule has 0 aliphatic heterocycles. The lowest BCUT2D eigenvalue weighted by atomic mass is 10.2. The van der Waals surface area contributed by atoms with Crippen molar-refractivity contribution in [1.82, 2.24) is 9.88 Å². The summed E-state index contributed by atoms with van der Waals surface area (Å²) >= 11 is 0. The van der Waals surface area contributed by atoms with E-state index in [9.17, 15) is 4.79 Å². The van der Waals surface area contributed by atoms with E-state index in [2.05, 4.69) is 17.4 Å². The third-order valence-corrected chi connectivity index (χ3v) is 4.28. The number of rotatable bonds is 6. The highest BCUT2D eigenvalue weighted by Gasteiger charge is 2.11. The van der Waals surface area contributed by atoms with Crippen LogP contribution in [-0.2, 0) is 17.9 Å². The van der Waals surface area contributed by atoms with E-state index in [4.69, 9.17) is 9.47 Å². The summed E-state index contributed by atoms with van der Waals surface area (Å²) in [7, 11) is 3.23. The molecule has 0 unspecified atom stereocenters. The summed E-state index contributed by atoms with van der Waals surface area (Å²) in [4.78, 5) is 12.4. The monoisotopic (exact) mass is 338 g/mol. The molecule has 0 fully saturated rings. The largest absolute Gasteiger partial charge is 0.497 e. The van der Waals surface area contributed by atoms with Crippen LogP contribution < -0.4 is 14.8 Å². The van der Waals surface area contributed by atoms with Crippen LogP contribution in [0, 0.1) is 6.92 Å². The summed E-state index contributed by atoms with van der Waals surface area (Å²) in [5.74, 6) is 1.41. The molecule has 0 bridgehead atoms. The fourth-order valence-electron chi connectivity index (χ4n) is 2.97. The number of nitrogens with one attached hydrogen (secondary N) is 1. The third-order valence-electron chi connectivity index (χ3n) is 4.28. The number of aryl methyl sites for hydroxylation is 1. The maximum atomic E-state index is 12.4. The topological polar surface area (TPSA) is 52.5 Å². The molecular formula is C20H22N2O3. The van der Waals surface area contributed by atoms with Crippen molar-refractivity contribution < 1.29 is 14.3 Å². The highest BCUT2D eigenvalue weighted by molar-refractivity contribution is 5.84. The Balaban J connectivity index is 1.72. The van der Waals surface area contributed by atoms with E-state index < -0.39 is 0 Å². The molecule has 0 spiro atoms. The summed E-state index contributed by atoms with van der Waals surface area (Å²) in [6, 6.07) is 15.7. The Hall–Kier alpha value is -2.95. The molecule has 0 radical (unpaired) electrons. The van der Waals surface area contributed by atoms with E-state index in [1.165, 1.54) is 0 Å². The molecule has 130 valence electrons. The molecule has 3 rings (SSSR count). The summed E-state index contributed by atoms with van der Waals surface area (Å²) in [5.41, 5.74) is 3.01. The van der Waals surface area contributed by atoms with Gasteiger partial charge in [0, 0.05) is 23.3 Å². The van der Waals surface area contributed by atoms with E-state index in [1.807, 2.05) is 47.9 Å². The van der Waals surface area contributed by atoms with Crippen molar-refractivity contribution >= 4 is 16.8 Å². The van der Waals surface area contributed by atoms with Gasteiger partial charge in [0.25, 0.3) is 0 Å². The number of ether oxygens (including phenoxy) is 2. The molecule has 0 saturated carbocycles. The Morgan fingerprint density at radius 3 is 2.64 bits per heavy atom. The van der Waals surface area contributed by atoms with Gasteiger partial charge >= 0.3 is 0 Å². The number of benzene rings is 2. The number of para-hydroxylation sites is 1. The molecule has 0 aliphatic rings. The minimum atomic E-state index is -0.0469. The predicted octanol–water partition coefficient (Wildman–Crippen LogP) is 3.28. The quantitative estimate of drug-likeness (QED) is 0.750. The summed E-state index contributed by atoms with van der Waals surface area (Å²) in [6.45, 7) is 2.68. The number of hydrogen-bond acceptors (Lipinski definition) is 3. The molecule has 5 nitrogen and oxygen atoms in total. The third kappa shape index (κ3) is 3.60. The second kappa shape index (κ2) is 7.30. The summed E-state index contributed by atoms with van der Waals surface area (Å²) < 4.78 is 12.6. The average molecular weight is 338 g/mol. The van der Waals surface area contributed by atoms with Crippen molar-refractivity contribution in [2.75, 3.05) is 14.2 Å². The molecule has 0 saturated heterocycles. The Morgan fingerprint density at radius 1 is 1.08 bits per heavy atom. The molecule has 0 aliphatic carbocycles. The molecule has 5 heteroatoms. The van der Waals surface area contributed by atoms with Crippen LogP contribution in [-0.4, -0.2) is 24.7 Å². The maximum absolute atomic E-state index is 12.4. The molecule has 1 heterocycles. The highest BCUT2D eigenvalue weighted by atomic mass is 16.5. The molecule has 3 aromatic rings. The lowest BCUT2D eigenvalue weighted by Gasteiger charge is -2.13. The molecule has 1 amide bonds. The van der Waals surface area contributed by atoms with Crippen molar-refractivity contribution in [3.05, 3.63) is 59.8 Å². The molecule has 1 aromatic heterocycles. The average Bonchev–Trinajstić information content (AvgIpc) is 2.95. The van der Waals surface area contributed by atoms with E-state index in [1.54, 1.807) is 14.2 Å². The van der Waals surface area contributed by atoms with Crippen LogP contribution in [0.15, 0.2) is 48.5 Å². The Morgan fingerprint density at radius 2 is 1.88 bits per heavy atom. The van der Waals surface area contributed by atoms with Gasteiger partial charge in [0.15, 0.2) is 0 Å². The van der Waals surface area contributed by atoms with E-state index in [-0.39, 0.29) is 12.5 Å². The van der Waals surface area contributed by atoms with Gasteiger partial charge in [-0.15, -0.1) is 0 Å². The summed E-state index contributed by atoms with van der Waals surface area (Å²) in [5, 5.41) is 4.10.